The van der Waals surface area contributed by atoms with Gasteiger partial charge in [-0.15, -0.1) is 0 Å². The minimum atomic E-state index is -3.90. The largest absolute Gasteiger partial charge is 0.351 e. The maximum absolute atomic E-state index is 12.2. The second kappa shape index (κ2) is 5.87. The predicted octanol–water partition coefficient (Wildman–Crippen LogP) is 2.67. The quantitative estimate of drug-likeness (QED) is 0.803. The second-order valence-corrected chi connectivity index (χ2v) is 8.14. The lowest BCUT2D eigenvalue weighted by Gasteiger charge is -2.14. The Morgan fingerprint density at radius 1 is 1.48 bits per heavy atom. The van der Waals surface area contributed by atoms with Crippen molar-refractivity contribution in [2.45, 2.75) is 31.1 Å². The van der Waals surface area contributed by atoms with Crippen molar-refractivity contribution in [3.05, 3.63) is 27.2 Å². The molecule has 5 nitrogen and oxygen atoms in total. The lowest BCUT2D eigenvalue weighted by atomic mass is 10.0. The lowest BCUT2D eigenvalue weighted by molar-refractivity contribution is 0.0944. The van der Waals surface area contributed by atoms with Crippen LogP contribution in [0.1, 0.15) is 36.5 Å². The first kappa shape index (κ1) is 16.7. The highest BCUT2D eigenvalue weighted by Crippen LogP contribution is 2.47. The van der Waals surface area contributed by atoms with Gasteiger partial charge in [-0.3, -0.25) is 4.79 Å². The van der Waals surface area contributed by atoms with E-state index >= 15 is 0 Å². The van der Waals surface area contributed by atoms with E-state index in [2.05, 4.69) is 28.2 Å². The summed E-state index contributed by atoms with van der Waals surface area (Å²) >= 11 is 9.21. The number of carbonyl (C=O) groups excluding carboxylic acids is 1. The molecule has 0 spiro atoms. The van der Waals surface area contributed by atoms with E-state index in [0.717, 1.165) is 19.3 Å². The van der Waals surface area contributed by atoms with Crippen LogP contribution in [0.4, 0.5) is 0 Å². The molecule has 1 aliphatic rings. The summed E-state index contributed by atoms with van der Waals surface area (Å²) in [4.78, 5) is 12.1. The standard InChI is InChI=1S/C13H16BrClN2O3S/c1-2-13(3-4-13)7-17-12(18)9-5-8(21(16,19)20)6-10(14)11(9)15/h5-6H,2-4,7H2,1H3,(H,17,18)(H2,16,19,20). The van der Waals surface area contributed by atoms with E-state index in [1.807, 2.05) is 0 Å². The highest BCUT2D eigenvalue weighted by molar-refractivity contribution is 9.10. The van der Waals surface area contributed by atoms with Crippen LogP contribution in [-0.2, 0) is 10.0 Å². The number of nitrogens with one attached hydrogen (secondary N) is 1. The molecule has 3 N–H and O–H groups in total. The molecule has 0 bridgehead atoms. The Morgan fingerprint density at radius 2 is 2.10 bits per heavy atom. The molecule has 0 atom stereocenters. The molecule has 116 valence electrons. The van der Waals surface area contributed by atoms with Gasteiger partial charge in [0.15, 0.2) is 0 Å². The summed E-state index contributed by atoms with van der Waals surface area (Å²) in [6.07, 6.45) is 3.19. The molecule has 0 aliphatic heterocycles. The van der Waals surface area contributed by atoms with Gasteiger partial charge in [-0.1, -0.05) is 18.5 Å². The lowest BCUT2D eigenvalue weighted by Crippen LogP contribution is -2.30. The molecule has 1 aromatic carbocycles. The maximum atomic E-state index is 12.2. The topological polar surface area (TPSA) is 89.3 Å². The van der Waals surface area contributed by atoms with Crippen LogP contribution in [0.25, 0.3) is 0 Å². The molecule has 8 heteroatoms. The number of nitrogens with two attached hydrogens (primary N) is 1. The third kappa shape index (κ3) is 3.77. The molecule has 0 aromatic heterocycles. The average Bonchev–Trinajstić information content (AvgIpc) is 3.18. The first-order valence-corrected chi connectivity index (χ1v) is 9.20. The smallest absolute Gasteiger partial charge is 0.252 e. The molecule has 2 rings (SSSR count). The fourth-order valence-corrected chi connectivity index (χ4v) is 3.46. The molecule has 1 aromatic rings. The van der Waals surface area contributed by atoms with Crippen LogP contribution < -0.4 is 10.5 Å². The van der Waals surface area contributed by atoms with Crippen LogP contribution in [0.3, 0.4) is 0 Å². The monoisotopic (exact) mass is 394 g/mol. The number of sulfonamides is 1. The van der Waals surface area contributed by atoms with E-state index in [0.29, 0.717) is 11.0 Å². The average molecular weight is 396 g/mol. The Hall–Kier alpha value is -0.630. The zero-order valence-corrected chi connectivity index (χ0v) is 14.6. The SMILES string of the molecule is CCC1(CNC(=O)c2cc(S(N)(=O)=O)cc(Br)c2Cl)CC1. The zero-order chi connectivity index (χ0) is 15.8. The molecule has 0 heterocycles. The second-order valence-electron chi connectivity index (χ2n) is 5.35. The third-order valence-electron chi connectivity index (χ3n) is 3.91. The van der Waals surface area contributed by atoms with Crippen molar-refractivity contribution >= 4 is 43.5 Å². The summed E-state index contributed by atoms with van der Waals surface area (Å²) in [6.45, 7) is 2.65. The zero-order valence-electron chi connectivity index (χ0n) is 11.4. The number of hydrogen-bond acceptors (Lipinski definition) is 3. The molecule has 1 saturated carbocycles. The number of rotatable bonds is 5. The Balaban J connectivity index is 2.26. The van der Waals surface area contributed by atoms with Crippen molar-refractivity contribution in [1.82, 2.24) is 5.32 Å². The van der Waals surface area contributed by atoms with Crippen LogP contribution >= 0.6 is 27.5 Å². The Labute approximate surface area is 137 Å². The van der Waals surface area contributed by atoms with Crippen LogP contribution in [0.15, 0.2) is 21.5 Å². The normalized spacial score (nSPS) is 16.6. The van der Waals surface area contributed by atoms with E-state index in [1.54, 1.807) is 0 Å². The summed E-state index contributed by atoms with van der Waals surface area (Å²) in [5.41, 5.74) is 0.290. The molecule has 0 saturated heterocycles. The van der Waals surface area contributed by atoms with Gasteiger partial charge in [-0.2, -0.15) is 0 Å². The number of halogens is 2. The number of benzene rings is 1. The fraction of sp³-hybridized carbons (Fsp3) is 0.462. The van der Waals surface area contributed by atoms with Crippen LogP contribution in [-0.4, -0.2) is 20.9 Å². The van der Waals surface area contributed by atoms with Crippen molar-refractivity contribution in [2.75, 3.05) is 6.54 Å². The highest BCUT2D eigenvalue weighted by Gasteiger charge is 2.40. The molecule has 1 amide bonds. The molecule has 1 aliphatic carbocycles. The van der Waals surface area contributed by atoms with Gasteiger partial charge >= 0.3 is 0 Å². The molecule has 1 fully saturated rings. The van der Waals surface area contributed by atoms with Gasteiger partial charge in [0.25, 0.3) is 5.91 Å². The summed E-state index contributed by atoms with van der Waals surface area (Å²) in [5, 5.41) is 8.08. The van der Waals surface area contributed by atoms with E-state index in [1.165, 1.54) is 12.1 Å². The van der Waals surface area contributed by atoms with Crippen LogP contribution in [0.2, 0.25) is 5.02 Å². The Bertz CT molecular complexity index is 687. The van der Waals surface area contributed by atoms with Gasteiger partial charge < -0.3 is 5.32 Å². The summed E-state index contributed by atoms with van der Waals surface area (Å²) in [6, 6.07) is 2.48. The van der Waals surface area contributed by atoms with E-state index < -0.39 is 15.9 Å². The molecule has 0 unspecified atom stereocenters. The van der Waals surface area contributed by atoms with Crippen molar-refractivity contribution < 1.29 is 13.2 Å². The number of primary sulfonamides is 1. The number of hydrogen-bond donors (Lipinski definition) is 2. The third-order valence-corrected chi connectivity index (χ3v) is 6.06. The number of carbonyl (C=O) groups is 1. The van der Waals surface area contributed by atoms with Crippen LogP contribution in [0, 0.1) is 5.41 Å². The van der Waals surface area contributed by atoms with Gasteiger partial charge in [-0.05, 0) is 52.7 Å². The summed E-state index contributed by atoms with van der Waals surface area (Å²) in [7, 11) is -3.90. The van der Waals surface area contributed by atoms with Crippen LogP contribution in [0.5, 0.6) is 0 Å². The van der Waals surface area contributed by atoms with E-state index in [9.17, 15) is 13.2 Å². The summed E-state index contributed by atoms with van der Waals surface area (Å²) < 4.78 is 23.2. The van der Waals surface area contributed by atoms with Gasteiger partial charge in [0, 0.05) is 11.0 Å². The Morgan fingerprint density at radius 3 is 2.57 bits per heavy atom. The first-order chi connectivity index (χ1) is 9.68. The first-order valence-electron chi connectivity index (χ1n) is 6.48. The minimum absolute atomic E-state index is 0.0990. The van der Waals surface area contributed by atoms with Gasteiger partial charge in [-0.25, -0.2) is 13.6 Å². The van der Waals surface area contributed by atoms with E-state index in [4.69, 9.17) is 16.7 Å². The maximum Gasteiger partial charge on any atom is 0.252 e. The van der Waals surface area contributed by atoms with E-state index in [-0.39, 0.29) is 20.9 Å². The molecular weight excluding hydrogens is 380 g/mol. The summed E-state index contributed by atoms with van der Waals surface area (Å²) in [5.74, 6) is -0.397. The Kier molecular flexibility index (Phi) is 4.68. The van der Waals surface area contributed by atoms with Gasteiger partial charge in [0.2, 0.25) is 10.0 Å². The van der Waals surface area contributed by atoms with Crippen molar-refractivity contribution in [2.24, 2.45) is 10.6 Å². The minimum Gasteiger partial charge on any atom is -0.351 e. The van der Waals surface area contributed by atoms with Crippen molar-refractivity contribution in [3.8, 4) is 0 Å². The number of amides is 1. The van der Waals surface area contributed by atoms with Gasteiger partial charge in [0.1, 0.15) is 0 Å². The highest BCUT2D eigenvalue weighted by atomic mass is 79.9. The predicted molar refractivity (Wildman–Crippen MR) is 84.8 cm³/mol. The van der Waals surface area contributed by atoms with Crippen molar-refractivity contribution in [3.63, 3.8) is 0 Å². The molecular formula is C13H16BrClN2O3S. The molecule has 21 heavy (non-hydrogen) atoms. The van der Waals surface area contributed by atoms with Gasteiger partial charge in [0.05, 0.1) is 15.5 Å². The van der Waals surface area contributed by atoms with Crippen molar-refractivity contribution in [1.29, 1.82) is 0 Å². The fourth-order valence-electron chi connectivity index (χ4n) is 2.09. The molecule has 0 radical (unpaired) electrons.